The van der Waals surface area contributed by atoms with Crippen molar-refractivity contribution in [3.05, 3.63) is 51.3 Å². The van der Waals surface area contributed by atoms with Crippen LogP contribution in [0, 0.1) is 0 Å². The van der Waals surface area contributed by atoms with E-state index in [1.54, 1.807) is 18.2 Å². The SMILES string of the molecule is CC(C)c1nnc(NC(=O)c2cc(=O)[nH]c3ccccc23)s1. The zero-order chi connectivity index (χ0) is 15.7. The zero-order valence-electron chi connectivity index (χ0n) is 12.1. The van der Waals surface area contributed by atoms with Crippen LogP contribution in [0.1, 0.15) is 35.1 Å². The third-order valence-corrected chi connectivity index (χ3v) is 4.29. The van der Waals surface area contributed by atoms with Crippen molar-refractivity contribution in [1.82, 2.24) is 15.2 Å². The molecule has 0 aliphatic carbocycles. The number of nitrogens with one attached hydrogen (secondary N) is 2. The Morgan fingerprint density at radius 2 is 2.05 bits per heavy atom. The third kappa shape index (κ3) is 2.75. The molecule has 0 bridgehead atoms. The molecule has 0 spiro atoms. The molecule has 2 heterocycles. The van der Waals surface area contributed by atoms with Gasteiger partial charge in [0.05, 0.1) is 5.56 Å². The van der Waals surface area contributed by atoms with Crippen LogP contribution in [-0.4, -0.2) is 21.1 Å². The van der Waals surface area contributed by atoms with Crippen molar-refractivity contribution in [2.24, 2.45) is 0 Å². The van der Waals surface area contributed by atoms with Crippen molar-refractivity contribution >= 4 is 33.3 Å². The normalized spacial score (nSPS) is 11.0. The van der Waals surface area contributed by atoms with E-state index in [0.29, 0.717) is 21.6 Å². The van der Waals surface area contributed by atoms with E-state index >= 15 is 0 Å². The molecule has 0 radical (unpaired) electrons. The first-order valence-electron chi connectivity index (χ1n) is 6.81. The maximum absolute atomic E-state index is 12.4. The first kappa shape index (κ1) is 14.4. The van der Waals surface area contributed by atoms with Crippen molar-refractivity contribution in [1.29, 1.82) is 0 Å². The van der Waals surface area contributed by atoms with E-state index in [4.69, 9.17) is 0 Å². The standard InChI is InChI=1S/C15H14N4O2S/c1-8(2)14-18-19-15(22-14)17-13(21)10-7-12(20)16-11-6-4-3-5-9(10)11/h3-8H,1-2H3,(H,16,20)(H,17,19,21). The van der Waals surface area contributed by atoms with Gasteiger partial charge in [0.1, 0.15) is 5.01 Å². The van der Waals surface area contributed by atoms with Crippen LogP contribution in [0.25, 0.3) is 10.9 Å². The molecule has 2 N–H and O–H groups in total. The van der Waals surface area contributed by atoms with Crippen LogP contribution in [0.5, 0.6) is 0 Å². The Balaban J connectivity index is 1.96. The molecule has 0 aliphatic rings. The smallest absolute Gasteiger partial charge is 0.258 e. The Labute approximate surface area is 130 Å². The molecule has 2 aromatic heterocycles. The molecule has 112 valence electrons. The summed E-state index contributed by atoms with van der Waals surface area (Å²) in [6, 6.07) is 8.47. The second-order valence-corrected chi connectivity index (χ2v) is 6.16. The minimum atomic E-state index is -0.367. The fourth-order valence-corrected chi connectivity index (χ4v) is 2.82. The lowest BCUT2D eigenvalue weighted by atomic mass is 10.1. The van der Waals surface area contributed by atoms with Gasteiger partial charge in [-0.15, -0.1) is 10.2 Å². The predicted octanol–water partition coefficient (Wildman–Crippen LogP) is 2.76. The van der Waals surface area contributed by atoms with Crippen LogP contribution in [0.15, 0.2) is 35.1 Å². The van der Waals surface area contributed by atoms with E-state index in [0.717, 1.165) is 5.01 Å². The highest BCUT2D eigenvalue weighted by molar-refractivity contribution is 7.15. The quantitative estimate of drug-likeness (QED) is 0.778. The number of rotatable bonds is 3. The zero-order valence-corrected chi connectivity index (χ0v) is 12.9. The highest BCUT2D eigenvalue weighted by Gasteiger charge is 2.15. The van der Waals surface area contributed by atoms with Crippen LogP contribution in [0.2, 0.25) is 0 Å². The van der Waals surface area contributed by atoms with Gasteiger partial charge in [-0.3, -0.25) is 14.9 Å². The highest BCUT2D eigenvalue weighted by Crippen LogP contribution is 2.23. The van der Waals surface area contributed by atoms with Gasteiger partial charge in [0.25, 0.3) is 5.91 Å². The largest absolute Gasteiger partial charge is 0.322 e. The number of aromatic nitrogens is 3. The van der Waals surface area contributed by atoms with Crippen LogP contribution in [0.4, 0.5) is 5.13 Å². The minimum absolute atomic E-state index is 0.253. The Hall–Kier alpha value is -2.54. The molecular weight excluding hydrogens is 300 g/mol. The number of hydrogen-bond donors (Lipinski definition) is 2. The number of hydrogen-bond acceptors (Lipinski definition) is 5. The monoisotopic (exact) mass is 314 g/mol. The summed E-state index contributed by atoms with van der Waals surface area (Å²) < 4.78 is 0. The van der Waals surface area contributed by atoms with Crippen LogP contribution < -0.4 is 10.9 Å². The Kier molecular flexibility index (Phi) is 3.72. The first-order valence-corrected chi connectivity index (χ1v) is 7.63. The van der Waals surface area contributed by atoms with Gasteiger partial charge in [-0.1, -0.05) is 43.4 Å². The molecule has 0 aliphatic heterocycles. The molecule has 0 unspecified atom stereocenters. The van der Waals surface area contributed by atoms with Crippen molar-refractivity contribution in [2.75, 3.05) is 5.32 Å². The summed E-state index contributed by atoms with van der Waals surface area (Å²) in [6.07, 6.45) is 0. The van der Waals surface area contributed by atoms with E-state index < -0.39 is 0 Å². The second-order valence-electron chi connectivity index (χ2n) is 5.15. The number of carbonyl (C=O) groups is 1. The van der Waals surface area contributed by atoms with E-state index in [2.05, 4.69) is 20.5 Å². The van der Waals surface area contributed by atoms with E-state index in [-0.39, 0.29) is 17.4 Å². The van der Waals surface area contributed by atoms with E-state index in [9.17, 15) is 9.59 Å². The summed E-state index contributed by atoms with van der Waals surface area (Å²) in [5.74, 6) is -0.114. The maximum atomic E-state index is 12.4. The lowest BCUT2D eigenvalue weighted by molar-refractivity contribution is 0.102. The van der Waals surface area contributed by atoms with Gasteiger partial charge in [0.15, 0.2) is 0 Å². The number of pyridine rings is 1. The number of benzene rings is 1. The molecule has 0 atom stereocenters. The number of amides is 1. The highest BCUT2D eigenvalue weighted by atomic mass is 32.1. The number of fused-ring (bicyclic) bond motifs is 1. The van der Waals surface area contributed by atoms with E-state index in [1.165, 1.54) is 17.4 Å². The summed E-state index contributed by atoms with van der Waals surface area (Å²) in [6.45, 7) is 4.02. The number of para-hydroxylation sites is 1. The maximum Gasteiger partial charge on any atom is 0.258 e. The lowest BCUT2D eigenvalue weighted by Gasteiger charge is -2.05. The molecule has 1 amide bonds. The summed E-state index contributed by atoms with van der Waals surface area (Å²) in [5, 5.41) is 12.7. The van der Waals surface area contributed by atoms with Crippen LogP contribution >= 0.6 is 11.3 Å². The van der Waals surface area contributed by atoms with Crippen molar-refractivity contribution in [3.8, 4) is 0 Å². The predicted molar refractivity (Wildman–Crippen MR) is 86.5 cm³/mol. The fourth-order valence-electron chi connectivity index (χ4n) is 2.08. The Morgan fingerprint density at radius 3 is 2.77 bits per heavy atom. The van der Waals surface area contributed by atoms with Crippen molar-refractivity contribution < 1.29 is 4.79 Å². The average Bonchev–Trinajstić information content (AvgIpc) is 2.95. The van der Waals surface area contributed by atoms with Gasteiger partial charge in [-0.2, -0.15) is 0 Å². The third-order valence-electron chi connectivity index (χ3n) is 3.15. The number of anilines is 1. The molecule has 3 aromatic rings. The molecular formula is C15H14N4O2S. The van der Waals surface area contributed by atoms with Gasteiger partial charge >= 0.3 is 0 Å². The molecule has 0 saturated heterocycles. The Morgan fingerprint density at radius 1 is 1.27 bits per heavy atom. The van der Waals surface area contributed by atoms with Crippen molar-refractivity contribution in [2.45, 2.75) is 19.8 Å². The summed E-state index contributed by atoms with van der Waals surface area (Å²) in [7, 11) is 0. The van der Waals surface area contributed by atoms with Crippen LogP contribution in [0.3, 0.4) is 0 Å². The fraction of sp³-hybridized carbons (Fsp3) is 0.200. The molecule has 0 saturated carbocycles. The topological polar surface area (TPSA) is 87.7 Å². The van der Waals surface area contributed by atoms with Crippen molar-refractivity contribution in [3.63, 3.8) is 0 Å². The molecule has 22 heavy (non-hydrogen) atoms. The summed E-state index contributed by atoms with van der Waals surface area (Å²) >= 11 is 1.33. The number of aromatic amines is 1. The summed E-state index contributed by atoms with van der Waals surface area (Å²) in [4.78, 5) is 26.8. The summed E-state index contributed by atoms with van der Waals surface area (Å²) in [5.41, 5.74) is 0.630. The van der Waals surface area contributed by atoms with Gasteiger partial charge in [-0.25, -0.2) is 0 Å². The number of carbonyl (C=O) groups excluding carboxylic acids is 1. The number of nitrogens with zero attached hydrogens (tertiary/aromatic N) is 2. The lowest BCUT2D eigenvalue weighted by Crippen LogP contribution is -2.16. The first-order chi connectivity index (χ1) is 10.5. The van der Waals surface area contributed by atoms with Gasteiger partial charge in [-0.05, 0) is 6.07 Å². The van der Waals surface area contributed by atoms with Gasteiger partial charge < -0.3 is 4.98 Å². The molecule has 7 heteroatoms. The van der Waals surface area contributed by atoms with Gasteiger partial charge in [0.2, 0.25) is 10.7 Å². The molecule has 0 fully saturated rings. The molecule has 3 rings (SSSR count). The molecule has 1 aromatic carbocycles. The average molecular weight is 314 g/mol. The van der Waals surface area contributed by atoms with E-state index in [1.807, 2.05) is 19.9 Å². The second kappa shape index (κ2) is 5.69. The minimum Gasteiger partial charge on any atom is -0.322 e. The van der Waals surface area contributed by atoms with Crippen LogP contribution in [-0.2, 0) is 0 Å². The number of H-pyrrole nitrogens is 1. The Bertz CT molecular complexity index is 898. The van der Waals surface area contributed by atoms with Gasteiger partial charge in [0, 0.05) is 22.9 Å². The molecule has 6 nitrogen and oxygen atoms in total.